The molecule has 2 heterocycles. The smallest absolute Gasteiger partial charge is 0.253 e. The van der Waals surface area contributed by atoms with Gasteiger partial charge in [0.25, 0.3) is 5.91 Å². The zero-order valence-electron chi connectivity index (χ0n) is 14.8. The SMILES string of the molecule is COc1ccc(C(=O)N2CCN(C(=O)/C=C/c3csc(C)n3)CC2)cc1. The van der Waals surface area contributed by atoms with Gasteiger partial charge < -0.3 is 14.5 Å². The van der Waals surface area contributed by atoms with Gasteiger partial charge in [0.2, 0.25) is 5.91 Å². The predicted octanol–water partition coefficient (Wildman–Crippen LogP) is 2.46. The Balaban J connectivity index is 1.53. The van der Waals surface area contributed by atoms with Crippen molar-refractivity contribution in [2.75, 3.05) is 33.3 Å². The van der Waals surface area contributed by atoms with Gasteiger partial charge in [-0.15, -0.1) is 11.3 Å². The molecule has 1 aromatic carbocycles. The molecule has 2 amide bonds. The van der Waals surface area contributed by atoms with Gasteiger partial charge in [0.05, 0.1) is 17.8 Å². The van der Waals surface area contributed by atoms with Crippen molar-refractivity contribution >= 4 is 29.2 Å². The first-order valence-corrected chi connectivity index (χ1v) is 9.27. The highest BCUT2D eigenvalue weighted by Gasteiger charge is 2.23. The summed E-state index contributed by atoms with van der Waals surface area (Å²) in [5.74, 6) is 0.652. The van der Waals surface area contributed by atoms with Gasteiger partial charge in [-0.2, -0.15) is 0 Å². The Kier molecular flexibility index (Phi) is 5.68. The van der Waals surface area contributed by atoms with Crippen LogP contribution in [0.1, 0.15) is 21.1 Å². The molecule has 26 heavy (non-hydrogen) atoms. The van der Waals surface area contributed by atoms with Gasteiger partial charge >= 0.3 is 0 Å². The van der Waals surface area contributed by atoms with Gasteiger partial charge in [-0.3, -0.25) is 9.59 Å². The average Bonchev–Trinajstić information content (AvgIpc) is 3.11. The van der Waals surface area contributed by atoms with E-state index >= 15 is 0 Å². The van der Waals surface area contributed by atoms with E-state index in [1.165, 1.54) is 0 Å². The Morgan fingerprint density at radius 3 is 2.35 bits per heavy atom. The highest BCUT2D eigenvalue weighted by molar-refractivity contribution is 7.09. The van der Waals surface area contributed by atoms with Crippen molar-refractivity contribution in [2.24, 2.45) is 0 Å². The molecule has 1 aliphatic rings. The quantitative estimate of drug-likeness (QED) is 0.775. The molecule has 1 aliphatic heterocycles. The van der Waals surface area contributed by atoms with E-state index in [0.717, 1.165) is 16.5 Å². The normalized spacial score (nSPS) is 14.7. The number of rotatable bonds is 4. The highest BCUT2D eigenvalue weighted by Crippen LogP contribution is 2.15. The summed E-state index contributed by atoms with van der Waals surface area (Å²) in [6, 6.07) is 7.07. The number of piperazine rings is 1. The molecule has 3 rings (SSSR count). The molecule has 7 heteroatoms. The molecule has 2 aromatic rings. The molecule has 0 bridgehead atoms. The van der Waals surface area contributed by atoms with Crippen LogP contribution < -0.4 is 4.74 Å². The molecule has 136 valence electrons. The first-order valence-electron chi connectivity index (χ1n) is 8.39. The highest BCUT2D eigenvalue weighted by atomic mass is 32.1. The number of benzene rings is 1. The van der Waals surface area contributed by atoms with Crippen LogP contribution in [0, 0.1) is 6.92 Å². The second-order valence-electron chi connectivity index (χ2n) is 5.97. The van der Waals surface area contributed by atoms with Crippen molar-refractivity contribution < 1.29 is 14.3 Å². The zero-order valence-corrected chi connectivity index (χ0v) is 15.7. The third kappa shape index (κ3) is 4.29. The van der Waals surface area contributed by atoms with Crippen LogP contribution >= 0.6 is 11.3 Å². The molecule has 0 saturated carbocycles. The molecule has 0 aliphatic carbocycles. The van der Waals surface area contributed by atoms with E-state index in [4.69, 9.17) is 4.74 Å². The molecule has 1 fully saturated rings. The first kappa shape index (κ1) is 18.1. The number of hydrogen-bond acceptors (Lipinski definition) is 5. The average molecular weight is 371 g/mol. The molecule has 0 spiro atoms. The number of aryl methyl sites for hydroxylation is 1. The van der Waals surface area contributed by atoms with Gasteiger partial charge in [-0.05, 0) is 37.3 Å². The van der Waals surface area contributed by atoms with Crippen molar-refractivity contribution in [1.82, 2.24) is 14.8 Å². The second kappa shape index (κ2) is 8.14. The Labute approximate surface area is 156 Å². The van der Waals surface area contributed by atoms with Crippen molar-refractivity contribution in [3.05, 3.63) is 52.0 Å². The van der Waals surface area contributed by atoms with Crippen LogP contribution in [0.4, 0.5) is 0 Å². The summed E-state index contributed by atoms with van der Waals surface area (Å²) >= 11 is 1.56. The second-order valence-corrected chi connectivity index (χ2v) is 7.03. The van der Waals surface area contributed by atoms with Crippen LogP contribution in [0.2, 0.25) is 0 Å². The standard InChI is InChI=1S/C19H21N3O3S/c1-14-20-16(13-26-14)5-8-18(23)21-9-11-22(12-10-21)19(24)15-3-6-17(25-2)7-4-15/h3-8,13H,9-12H2,1-2H3/b8-5+. The van der Waals surface area contributed by atoms with E-state index in [-0.39, 0.29) is 11.8 Å². The van der Waals surface area contributed by atoms with Crippen LogP contribution in [0.25, 0.3) is 6.08 Å². The summed E-state index contributed by atoms with van der Waals surface area (Å²) < 4.78 is 5.11. The molecule has 0 radical (unpaired) electrons. The van der Waals surface area contributed by atoms with Crippen molar-refractivity contribution in [3.63, 3.8) is 0 Å². The lowest BCUT2D eigenvalue weighted by Crippen LogP contribution is -2.50. The van der Waals surface area contributed by atoms with Crippen molar-refractivity contribution in [1.29, 1.82) is 0 Å². The Hall–Kier alpha value is -2.67. The van der Waals surface area contributed by atoms with E-state index in [1.807, 2.05) is 12.3 Å². The van der Waals surface area contributed by atoms with Crippen LogP contribution in [0.3, 0.4) is 0 Å². The van der Waals surface area contributed by atoms with Crippen molar-refractivity contribution in [2.45, 2.75) is 6.92 Å². The number of nitrogens with zero attached hydrogens (tertiary/aromatic N) is 3. The molecule has 1 aromatic heterocycles. The van der Waals surface area contributed by atoms with Gasteiger partial charge in [-0.25, -0.2) is 4.98 Å². The molecule has 6 nitrogen and oxygen atoms in total. The van der Waals surface area contributed by atoms with Gasteiger partial charge in [0.1, 0.15) is 5.75 Å². The van der Waals surface area contributed by atoms with E-state index in [1.54, 1.807) is 64.7 Å². The minimum atomic E-state index is -0.0489. The summed E-state index contributed by atoms with van der Waals surface area (Å²) in [7, 11) is 1.59. The minimum absolute atomic E-state index is 0.0201. The van der Waals surface area contributed by atoms with Gasteiger partial charge in [0, 0.05) is 43.2 Å². The lowest BCUT2D eigenvalue weighted by molar-refractivity contribution is -0.127. The van der Waals surface area contributed by atoms with E-state index in [9.17, 15) is 9.59 Å². The third-order valence-corrected chi connectivity index (χ3v) is 5.04. The van der Waals surface area contributed by atoms with Crippen LogP contribution in [-0.4, -0.2) is 59.9 Å². The number of ether oxygens (including phenoxy) is 1. The lowest BCUT2D eigenvalue weighted by Gasteiger charge is -2.34. The summed E-state index contributed by atoms with van der Waals surface area (Å²) in [5.41, 5.74) is 1.43. The third-order valence-electron chi connectivity index (χ3n) is 4.25. The maximum atomic E-state index is 12.5. The summed E-state index contributed by atoms with van der Waals surface area (Å²) in [5, 5.41) is 2.90. The minimum Gasteiger partial charge on any atom is -0.497 e. The first-order chi connectivity index (χ1) is 12.6. The molecule has 0 N–H and O–H groups in total. The van der Waals surface area contributed by atoms with Crippen LogP contribution in [0.5, 0.6) is 5.75 Å². The number of hydrogen-bond donors (Lipinski definition) is 0. The summed E-state index contributed by atoms with van der Waals surface area (Å²) in [6.45, 7) is 4.05. The van der Waals surface area contributed by atoms with E-state index in [2.05, 4.69) is 4.98 Å². The summed E-state index contributed by atoms with van der Waals surface area (Å²) in [4.78, 5) is 32.7. The number of thiazole rings is 1. The Bertz CT molecular complexity index is 806. The number of amides is 2. The Morgan fingerprint density at radius 1 is 1.12 bits per heavy atom. The number of carbonyl (C=O) groups excluding carboxylic acids is 2. The topological polar surface area (TPSA) is 62.7 Å². The summed E-state index contributed by atoms with van der Waals surface area (Å²) in [6.07, 6.45) is 3.29. The molecule has 0 atom stereocenters. The lowest BCUT2D eigenvalue weighted by atomic mass is 10.1. The van der Waals surface area contributed by atoms with Crippen LogP contribution in [-0.2, 0) is 4.79 Å². The van der Waals surface area contributed by atoms with Gasteiger partial charge in [-0.1, -0.05) is 0 Å². The monoisotopic (exact) mass is 371 g/mol. The van der Waals surface area contributed by atoms with Crippen molar-refractivity contribution in [3.8, 4) is 5.75 Å². The fourth-order valence-electron chi connectivity index (χ4n) is 2.76. The fraction of sp³-hybridized carbons (Fsp3) is 0.316. The largest absolute Gasteiger partial charge is 0.497 e. The molecule has 0 unspecified atom stereocenters. The van der Waals surface area contributed by atoms with Gasteiger partial charge in [0.15, 0.2) is 0 Å². The number of carbonyl (C=O) groups is 2. The number of methoxy groups -OCH3 is 1. The zero-order chi connectivity index (χ0) is 18.5. The maximum Gasteiger partial charge on any atom is 0.253 e. The fourth-order valence-corrected chi connectivity index (χ4v) is 3.35. The molecule has 1 saturated heterocycles. The van der Waals surface area contributed by atoms with E-state index in [0.29, 0.717) is 31.7 Å². The van der Waals surface area contributed by atoms with Crippen LogP contribution in [0.15, 0.2) is 35.7 Å². The predicted molar refractivity (Wildman–Crippen MR) is 101 cm³/mol. The number of aromatic nitrogens is 1. The Morgan fingerprint density at radius 2 is 1.77 bits per heavy atom. The molecular weight excluding hydrogens is 350 g/mol. The molecular formula is C19H21N3O3S. The maximum absolute atomic E-state index is 12.5. The van der Waals surface area contributed by atoms with E-state index < -0.39 is 0 Å².